The summed E-state index contributed by atoms with van der Waals surface area (Å²) < 4.78 is 24.0. The lowest BCUT2D eigenvalue weighted by Gasteiger charge is -2.12. The number of aliphatic hydroxyl groups is 1. The van der Waals surface area contributed by atoms with Crippen LogP contribution in [0.5, 0.6) is 0 Å². The summed E-state index contributed by atoms with van der Waals surface area (Å²) in [5.74, 6) is -0.269. The van der Waals surface area contributed by atoms with Crippen LogP contribution in [0.25, 0.3) is 0 Å². The Kier molecular flexibility index (Phi) is 4.27. The van der Waals surface area contributed by atoms with E-state index in [9.17, 15) is 13.5 Å². The van der Waals surface area contributed by atoms with Crippen molar-refractivity contribution in [3.8, 4) is 0 Å². The van der Waals surface area contributed by atoms with Gasteiger partial charge in [-0.25, -0.2) is 8.42 Å². The van der Waals surface area contributed by atoms with Crippen molar-refractivity contribution in [3.05, 3.63) is 29.3 Å². The van der Waals surface area contributed by atoms with Gasteiger partial charge in [-0.15, -0.1) is 0 Å². The lowest BCUT2D eigenvalue weighted by Crippen LogP contribution is -2.33. The molecule has 100 valence electrons. The van der Waals surface area contributed by atoms with E-state index in [1.54, 1.807) is 0 Å². The molecule has 0 aliphatic heterocycles. The summed E-state index contributed by atoms with van der Waals surface area (Å²) in [5.41, 5.74) is 0. The van der Waals surface area contributed by atoms with E-state index in [2.05, 4.69) is 5.32 Å². The van der Waals surface area contributed by atoms with E-state index >= 15 is 0 Å². The van der Waals surface area contributed by atoms with Crippen molar-refractivity contribution in [2.24, 2.45) is 0 Å². The van der Waals surface area contributed by atoms with E-state index in [-0.39, 0.29) is 10.6 Å². The minimum Gasteiger partial charge on any atom is -0.391 e. The second-order valence-corrected chi connectivity index (χ2v) is 7.04. The lowest BCUT2D eigenvalue weighted by atomic mass is 10.4. The van der Waals surface area contributed by atoms with Crippen LogP contribution >= 0.6 is 11.6 Å². The summed E-state index contributed by atoms with van der Waals surface area (Å²) in [6.45, 7) is 0.317. The topological polar surface area (TPSA) is 66.4 Å². The number of benzene rings is 1. The molecular weight excluding hydrogens is 274 g/mol. The summed E-state index contributed by atoms with van der Waals surface area (Å²) in [6, 6.07) is 6.43. The molecule has 1 aliphatic rings. The highest BCUT2D eigenvalue weighted by Crippen LogP contribution is 2.19. The zero-order valence-corrected chi connectivity index (χ0v) is 11.4. The van der Waals surface area contributed by atoms with Gasteiger partial charge >= 0.3 is 0 Å². The van der Waals surface area contributed by atoms with Crippen molar-refractivity contribution in [3.63, 3.8) is 0 Å². The van der Waals surface area contributed by atoms with Gasteiger partial charge in [-0.05, 0) is 37.1 Å². The van der Waals surface area contributed by atoms with Crippen LogP contribution in [0.3, 0.4) is 0 Å². The van der Waals surface area contributed by atoms with E-state index in [0.717, 1.165) is 12.8 Å². The molecular formula is C12H16ClNO3S. The fraction of sp³-hybridized carbons (Fsp3) is 0.500. The van der Waals surface area contributed by atoms with Crippen molar-refractivity contribution < 1.29 is 13.5 Å². The molecule has 1 fully saturated rings. The van der Waals surface area contributed by atoms with E-state index in [0.29, 0.717) is 17.6 Å². The van der Waals surface area contributed by atoms with E-state index in [4.69, 9.17) is 11.6 Å². The number of hydrogen-bond donors (Lipinski definition) is 2. The van der Waals surface area contributed by atoms with Gasteiger partial charge in [0.25, 0.3) is 0 Å². The van der Waals surface area contributed by atoms with Crippen LogP contribution in [0.15, 0.2) is 29.2 Å². The number of rotatable bonds is 6. The molecule has 6 heteroatoms. The maximum absolute atomic E-state index is 12.0. The van der Waals surface area contributed by atoms with Crippen molar-refractivity contribution in [1.29, 1.82) is 0 Å². The van der Waals surface area contributed by atoms with Crippen LogP contribution in [0.2, 0.25) is 5.02 Å². The standard InChI is InChI=1S/C12H16ClNO3S/c13-9-1-5-12(6-2-9)18(16,17)8-11(15)7-14-10-3-4-10/h1-2,5-6,10-11,14-15H,3-4,7-8H2. The van der Waals surface area contributed by atoms with Gasteiger partial charge in [-0.2, -0.15) is 0 Å². The predicted molar refractivity (Wildman–Crippen MR) is 70.5 cm³/mol. The zero-order valence-electron chi connectivity index (χ0n) is 9.84. The molecule has 18 heavy (non-hydrogen) atoms. The molecule has 0 spiro atoms. The maximum atomic E-state index is 12.0. The van der Waals surface area contributed by atoms with Crippen molar-refractivity contribution in [2.45, 2.75) is 29.9 Å². The molecule has 1 aromatic carbocycles. The lowest BCUT2D eigenvalue weighted by molar-refractivity contribution is 0.193. The quantitative estimate of drug-likeness (QED) is 0.826. The Morgan fingerprint density at radius 1 is 1.33 bits per heavy atom. The molecule has 1 unspecified atom stereocenters. The number of hydrogen-bond acceptors (Lipinski definition) is 4. The Hall–Kier alpha value is -0.620. The second-order valence-electron chi connectivity index (χ2n) is 4.57. The normalized spacial score (nSPS) is 17.7. The van der Waals surface area contributed by atoms with E-state index in [1.165, 1.54) is 24.3 Å². The molecule has 1 aliphatic carbocycles. The summed E-state index contributed by atoms with van der Waals surface area (Å²) in [7, 11) is -3.45. The summed E-state index contributed by atoms with van der Waals surface area (Å²) >= 11 is 5.70. The van der Waals surface area contributed by atoms with Gasteiger partial charge < -0.3 is 10.4 Å². The van der Waals surface area contributed by atoms with Gasteiger partial charge in [0.2, 0.25) is 0 Å². The van der Waals surface area contributed by atoms with Gasteiger partial charge in [0.15, 0.2) is 9.84 Å². The Morgan fingerprint density at radius 3 is 2.50 bits per heavy atom. The summed E-state index contributed by atoms with van der Waals surface area (Å²) in [5, 5.41) is 13.3. The Morgan fingerprint density at radius 2 is 1.94 bits per heavy atom. The number of halogens is 1. The van der Waals surface area contributed by atoms with Gasteiger partial charge in [0.05, 0.1) is 16.8 Å². The largest absolute Gasteiger partial charge is 0.391 e. The number of nitrogens with one attached hydrogen (secondary N) is 1. The van der Waals surface area contributed by atoms with Crippen LogP contribution < -0.4 is 5.32 Å². The molecule has 0 heterocycles. The molecule has 0 aromatic heterocycles. The zero-order chi connectivity index (χ0) is 13.2. The van der Waals surface area contributed by atoms with Gasteiger partial charge in [0, 0.05) is 17.6 Å². The van der Waals surface area contributed by atoms with Crippen molar-refractivity contribution in [1.82, 2.24) is 5.32 Å². The highest BCUT2D eigenvalue weighted by Gasteiger charge is 2.24. The van der Waals surface area contributed by atoms with Crippen molar-refractivity contribution >= 4 is 21.4 Å². The molecule has 2 N–H and O–H groups in total. The Labute approximate surface area is 112 Å². The SMILES string of the molecule is O=S(=O)(CC(O)CNC1CC1)c1ccc(Cl)cc1. The first-order valence-corrected chi connectivity index (χ1v) is 7.90. The highest BCUT2D eigenvalue weighted by atomic mass is 35.5. The molecule has 2 rings (SSSR count). The third-order valence-corrected chi connectivity index (χ3v) is 4.87. The third-order valence-electron chi connectivity index (χ3n) is 2.80. The monoisotopic (exact) mass is 289 g/mol. The molecule has 4 nitrogen and oxygen atoms in total. The first-order chi connectivity index (χ1) is 8.47. The number of sulfone groups is 1. The average molecular weight is 290 g/mol. The maximum Gasteiger partial charge on any atom is 0.180 e. The van der Waals surface area contributed by atoms with Gasteiger partial charge in [0.1, 0.15) is 0 Å². The molecule has 1 atom stereocenters. The molecule has 1 aromatic rings. The first kappa shape index (κ1) is 13.8. The Balaban J connectivity index is 1.94. The predicted octanol–water partition coefficient (Wildman–Crippen LogP) is 1.23. The van der Waals surface area contributed by atoms with Crippen LogP contribution in [-0.4, -0.2) is 38.0 Å². The molecule has 0 radical (unpaired) electrons. The third kappa shape index (κ3) is 3.95. The highest BCUT2D eigenvalue weighted by molar-refractivity contribution is 7.91. The Bertz CT molecular complexity index is 497. The van der Waals surface area contributed by atoms with Crippen LogP contribution in [0, 0.1) is 0 Å². The molecule has 0 bridgehead atoms. The fourth-order valence-electron chi connectivity index (χ4n) is 1.64. The van der Waals surface area contributed by atoms with Crippen LogP contribution in [0.1, 0.15) is 12.8 Å². The summed E-state index contributed by atoms with van der Waals surface area (Å²) in [4.78, 5) is 0.192. The summed E-state index contributed by atoms with van der Waals surface area (Å²) in [6.07, 6.45) is 1.33. The minimum atomic E-state index is -3.45. The van der Waals surface area contributed by atoms with Gasteiger partial charge in [-0.1, -0.05) is 11.6 Å². The van der Waals surface area contributed by atoms with Crippen LogP contribution in [-0.2, 0) is 9.84 Å². The smallest absolute Gasteiger partial charge is 0.180 e. The van der Waals surface area contributed by atoms with Gasteiger partial charge in [-0.3, -0.25) is 0 Å². The van der Waals surface area contributed by atoms with E-state index in [1.807, 2.05) is 0 Å². The minimum absolute atomic E-state index is 0.192. The molecule has 0 saturated heterocycles. The van der Waals surface area contributed by atoms with Crippen molar-refractivity contribution in [2.75, 3.05) is 12.3 Å². The second kappa shape index (κ2) is 5.57. The fourth-order valence-corrected chi connectivity index (χ4v) is 3.13. The molecule has 1 saturated carbocycles. The first-order valence-electron chi connectivity index (χ1n) is 5.87. The van der Waals surface area contributed by atoms with E-state index < -0.39 is 15.9 Å². The number of aliphatic hydroxyl groups excluding tert-OH is 1. The van der Waals surface area contributed by atoms with Crippen LogP contribution in [0.4, 0.5) is 0 Å². The molecule has 0 amide bonds. The average Bonchev–Trinajstić information content (AvgIpc) is 3.10.